The summed E-state index contributed by atoms with van der Waals surface area (Å²) in [5, 5.41) is 2.57. The minimum absolute atomic E-state index is 0.120. The number of rotatable bonds is 3. The molecule has 7 heteroatoms. The lowest BCUT2D eigenvalue weighted by atomic mass is 10.1. The number of fused-ring (bicyclic) bond motifs is 1. The zero-order valence-corrected chi connectivity index (χ0v) is 15.5. The van der Waals surface area contributed by atoms with Crippen molar-refractivity contribution < 1.29 is 28.5 Å². The summed E-state index contributed by atoms with van der Waals surface area (Å²) >= 11 is 0. The highest BCUT2D eigenvalue weighted by Gasteiger charge is 2.31. The van der Waals surface area contributed by atoms with Crippen LogP contribution in [0.15, 0.2) is 18.2 Å². The van der Waals surface area contributed by atoms with Gasteiger partial charge in [-0.2, -0.15) is 0 Å². The summed E-state index contributed by atoms with van der Waals surface area (Å²) in [6, 6.07) is 3.99. The van der Waals surface area contributed by atoms with Gasteiger partial charge in [-0.3, -0.25) is 0 Å². The first-order valence-corrected chi connectivity index (χ1v) is 8.06. The molecule has 1 N–H and O–H groups in total. The van der Waals surface area contributed by atoms with E-state index >= 15 is 0 Å². The Labute approximate surface area is 147 Å². The average molecular weight is 351 g/mol. The van der Waals surface area contributed by atoms with Gasteiger partial charge in [0.05, 0.1) is 0 Å². The summed E-state index contributed by atoms with van der Waals surface area (Å²) in [4.78, 5) is 24.7. The Kier molecular flexibility index (Phi) is 5.15. The Bertz CT molecular complexity index is 657. The summed E-state index contributed by atoms with van der Waals surface area (Å²) < 4.78 is 21.3. The Balaban J connectivity index is 2.25. The molecule has 25 heavy (non-hydrogen) atoms. The minimum Gasteiger partial charge on any atom is -0.458 e. The molecule has 2 rings (SSSR count). The fourth-order valence-electron chi connectivity index (χ4n) is 2.16. The molecule has 1 aliphatic rings. The fraction of sp³-hybridized carbons (Fsp3) is 0.556. The molecule has 0 saturated heterocycles. The van der Waals surface area contributed by atoms with Crippen LogP contribution in [0.3, 0.4) is 0 Å². The number of carbonyl (C=O) groups is 2. The second-order valence-corrected chi connectivity index (χ2v) is 7.73. The van der Waals surface area contributed by atoms with Gasteiger partial charge in [0.25, 0.3) is 0 Å². The standard InChI is InChI=1S/C18H25NO6/c1-17(2,3)24-15(20)14(19-16(21)25-18(4,5)6)11-7-8-12-13(9-11)23-10-22-12/h7-9,14H,10H2,1-6H3,(H,19,21)/t14-/m0/s1. The van der Waals surface area contributed by atoms with E-state index in [1.807, 2.05) is 0 Å². The molecule has 0 unspecified atom stereocenters. The van der Waals surface area contributed by atoms with Gasteiger partial charge in [0.2, 0.25) is 6.79 Å². The molecule has 1 aromatic rings. The molecule has 0 spiro atoms. The van der Waals surface area contributed by atoms with Crippen LogP contribution in [0.1, 0.15) is 53.1 Å². The minimum atomic E-state index is -1.02. The van der Waals surface area contributed by atoms with Gasteiger partial charge in [-0.15, -0.1) is 0 Å². The van der Waals surface area contributed by atoms with Crippen molar-refractivity contribution in [1.82, 2.24) is 5.32 Å². The highest BCUT2D eigenvalue weighted by molar-refractivity contribution is 5.83. The third-order valence-corrected chi connectivity index (χ3v) is 3.03. The van der Waals surface area contributed by atoms with Gasteiger partial charge in [-0.25, -0.2) is 9.59 Å². The van der Waals surface area contributed by atoms with Crippen molar-refractivity contribution in [1.29, 1.82) is 0 Å². The smallest absolute Gasteiger partial charge is 0.408 e. The highest BCUT2D eigenvalue weighted by Crippen LogP contribution is 2.34. The van der Waals surface area contributed by atoms with Gasteiger partial charge in [0.1, 0.15) is 11.2 Å². The van der Waals surface area contributed by atoms with Gasteiger partial charge in [-0.05, 0) is 59.2 Å². The second-order valence-electron chi connectivity index (χ2n) is 7.73. The number of esters is 1. The van der Waals surface area contributed by atoms with Crippen LogP contribution >= 0.6 is 0 Å². The molecule has 1 heterocycles. The molecule has 1 atom stereocenters. The maximum atomic E-state index is 12.6. The van der Waals surface area contributed by atoms with Crippen LogP contribution in [0, 0.1) is 0 Å². The molecule has 1 aliphatic heterocycles. The number of carbonyl (C=O) groups excluding carboxylic acids is 2. The van der Waals surface area contributed by atoms with Crippen molar-refractivity contribution in [2.75, 3.05) is 6.79 Å². The van der Waals surface area contributed by atoms with Crippen molar-refractivity contribution in [2.45, 2.75) is 58.8 Å². The Morgan fingerprint density at radius 1 is 1.00 bits per heavy atom. The largest absolute Gasteiger partial charge is 0.458 e. The number of alkyl carbamates (subject to hydrolysis) is 1. The molecule has 0 bridgehead atoms. The Morgan fingerprint density at radius 2 is 1.60 bits per heavy atom. The number of ether oxygens (including phenoxy) is 4. The lowest BCUT2D eigenvalue weighted by Crippen LogP contribution is -2.40. The van der Waals surface area contributed by atoms with Crippen molar-refractivity contribution in [2.24, 2.45) is 0 Å². The molecule has 0 radical (unpaired) electrons. The quantitative estimate of drug-likeness (QED) is 0.841. The molecule has 0 aromatic heterocycles. The van der Waals surface area contributed by atoms with Gasteiger partial charge >= 0.3 is 12.1 Å². The average Bonchev–Trinajstić information content (AvgIpc) is 2.88. The van der Waals surface area contributed by atoms with Crippen LogP contribution in [0.4, 0.5) is 4.79 Å². The van der Waals surface area contributed by atoms with E-state index in [0.29, 0.717) is 17.1 Å². The Morgan fingerprint density at radius 3 is 2.20 bits per heavy atom. The van der Waals surface area contributed by atoms with Crippen LogP contribution in [-0.2, 0) is 14.3 Å². The van der Waals surface area contributed by atoms with E-state index in [2.05, 4.69) is 5.32 Å². The summed E-state index contributed by atoms with van der Waals surface area (Å²) in [5.41, 5.74) is -0.858. The normalized spacial score (nSPS) is 14.6. The molecular formula is C18H25NO6. The summed E-state index contributed by atoms with van der Waals surface area (Å²) in [6.07, 6.45) is -0.707. The third kappa shape index (κ3) is 5.55. The number of nitrogens with one attached hydrogen (secondary N) is 1. The molecule has 0 fully saturated rings. The van der Waals surface area contributed by atoms with Crippen LogP contribution in [0.5, 0.6) is 11.5 Å². The predicted octanol–water partition coefficient (Wildman–Crippen LogP) is 3.32. The SMILES string of the molecule is CC(C)(C)OC(=O)N[C@H](C(=O)OC(C)(C)C)c1ccc2c(c1)OCO2. The van der Waals surface area contributed by atoms with Gasteiger partial charge < -0.3 is 24.3 Å². The first kappa shape index (κ1) is 18.9. The van der Waals surface area contributed by atoms with E-state index in [4.69, 9.17) is 18.9 Å². The van der Waals surface area contributed by atoms with Gasteiger partial charge in [0.15, 0.2) is 17.5 Å². The molecule has 7 nitrogen and oxygen atoms in total. The van der Waals surface area contributed by atoms with Crippen LogP contribution in [0.25, 0.3) is 0 Å². The summed E-state index contributed by atoms with van der Waals surface area (Å²) in [7, 11) is 0. The number of hydrogen-bond acceptors (Lipinski definition) is 6. The molecule has 0 saturated carbocycles. The zero-order valence-electron chi connectivity index (χ0n) is 15.5. The van der Waals surface area contributed by atoms with E-state index in [0.717, 1.165) is 0 Å². The molecule has 1 aromatic carbocycles. The van der Waals surface area contributed by atoms with Gasteiger partial charge in [-0.1, -0.05) is 6.07 Å². The monoisotopic (exact) mass is 351 g/mol. The highest BCUT2D eigenvalue weighted by atomic mass is 16.7. The maximum absolute atomic E-state index is 12.6. The summed E-state index contributed by atoms with van der Waals surface area (Å²) in [6.45, 7) is 10.6. The first-order valence-electron chi connectivity index (χ1n) is 8.06. The van der Waals surface area contributed by atoms with Crippen molar-refractivity contribution in [3.63, 3.8) is 0 Å². The third-order valence-electron chi connectivity index (χ3n) is 3.03. The number of hydrogen-bond donors (Lipinski definition) is 1. The molecule has 138 valence electrons. The van der Waals surface area contributed by atoms with E-state index < -0.39 is 29.3 Å². The van der Waals surface area contributed by atoms with Crippen LogP contribution < -0.4 is 14.8 Å². The van der Waals surface area contributed by atoms with E-state index in [1.54, 1.807) is 59.7 Å². The molecule has 0 aliphatic carbocycles. The van der Waals surface area contributed by atoms with Crippen LogP contribution in [0.2, 0.25) is 0 Å². The van der Waals surface area contributed by atoms with Gasteiger partial charge in [0, 0.05) is 0 Å². The fourth-order valence-corrected chi connectivity index (χ4v) is 2.16. The Hall–Kier alpha value is -2.44. The second kappa shape index (κ2) is 6.82. The molecular weight excluding hydrogens is 326 g/mol. The van der Waals surface area contributed by atoms with Crippen molar-refractivity contribution in [3.8, 4) is 11.5 Å². The van der Waals surface area contributed by atoms with E-state index in [-0.39, 0.29) is 6.79 Å². The van der Waals surface area contributed by atoms with E-state index in [9.17, 15) is 9.59 Å². The zero-order chi connectivity index (χ0) is 18.8. The number of benzene rings is 1. The number of amides is 1. The first-order chi connectivity index (χ1) is 11.4. The topological polar surface area (TPSA) is 83.1 Å². The maximum Gasteiger partial charge on any atom is 0.408 e. The lowest BCUT2D eigenvalue weighted by molar-refractivity contribution is -0.157. The summed E-state index contributed by atoms with van der Waals surface area (Å²) in [5.74, 6) is 0.512. The van der Waals surface area contributed by atoms with Crippen LogP contribution in [-0.4, -0.2) is 30.1 Å². The molecule has 1 amide bonds. The lowest BCUT2D eigenvalue weighted by Gasteiger charge is -2.26. The van der Waals surface area contributed by atoms with E-state index in [1.165, 1.54) is 0 Å². The predicted molar refractivity (Wildman–Crippen MR) is 90.5 cm³/mol. The van der Waals surface area contributed by atoms with Crippen molar-refractivity contribution in [3.05, 3.63) is 23.8 Å². The van der Waals surface area contributed by atoms with Crippen molar-refractivity contribution >= 4 is 12.1 Å².